The van der Waals surface area contributed by atoms with E-state index in [-0.39, 0.29) is 6.41 Å². The highest BCUT2D eigenvalue weighted by Crippen LogP contribution is 2.06. The smallest absolute Gasteiger partial charge is 0.204 e. The van der Waals surface area contributed by atoms with E-state index in [4.69, 9.17) is 4.79 Å². The highest BCUT2D eigenvalue weighted by Gasteiger charge is 1.90. The van der Waals surface area contributed by atoms with E-state index in [1.54, 1.807) is 0 Å². The van der Waals surface area contributed by atoms with E-state index >= 15 is 0 Å². The zero-order valence-electron chi connectivity index (χ0n) is 7.97. The molecule has 0 aliphatic rings. The van der Waals surface area contributed by atoms with Gasteiger partial charge in [0.15, 0.2) is 0 Å². The lowest BCUT2D eigenvalue weighted by molar-refractivity contribution is -0.106. The number of nitrogens with two attached hydrogens (primary N) is 1. The van der Waals surface area contributed by atoms with E-state index in [0.29, 0.717) is 0 Å². The van der Waals surface area contributed by atoms with Crippen LogP contribution in [0.25, 0.3) is 0 Å². The maximum Gasteiger partial charge on any atom is 0.204 e. The van der Waals surface area contributed by atoms with Crippen molar-refractivity contribution in [3.63, 3.8) is 0 Å². The molecule has 68 valence electrons. The third-order valence-electron chi connectivity index (χ3n) is 1.39. The van der Waals surface area contributed by atoms with Crippen LogP contribution in [0.4, 0.5) is 0 Å². The maximum atomic E-state index is 8.58. The molecule has 0 bridgehead atoms. The Kier molecular flexibility index (Phi) is 14.5. The number of carbonyl (C=O) groups excluding carboxylic acids is 1. The molecule has 0 unspecified atom stereocenters. The van der Waals surface area contributed by atoms with Crippen LogP contribution in [0.15, 0.2) is 0 Å². The molecule has 11 heavy (non-hydrogen) atoms. The van der Waals surface area contributed by atoms with Crippen molar-refractivity contribution in [1.29, 1.82) is 0 Å². The van der Waals surface area contributed by atoms with Gasteiger partial charge in [0.2, 0.25) is 6.41 Å². The molecule has 0 rings (SSSR count). The van der Waals surface area contributed by atoms with Crippen LogP contribution in [0.1, 0.15) is 46.5 Å². The van der Waals surface area contributed by atoms with Gasteiger partial charge < -0.3 is 5.73 Å². The second-order valence-electron chi connectivity index (χ2n) is 3.03. The number of amides is 1. The molecule has 0 spiro atoms. The number of rotatable bonds is 4. The van der Waals surface area contributed by atoms with Crippen molar-refractivity contribution in [1.82, 2.24) is 0 Å². The minimum Gasteiger partial charge on any atom is -0.372 e. The lowest BCUT2D eigenvalue weighted by Gasteiger charge is -2.00. The summed E-state index contributed by atoms with van der Waals surface area (Å²) in [6, 6.07) is 0. The zero-order valence-corrected chi connectivity index (χ0v) is 7.97. The molecule has 0 aliphatic carbocycles. The van der Waals surface area contributed by atoms with Crippen LogP contribution in [-0.4, -0.2) is 6.41 Å². The summed E-state index contributed by atoms with van der Waals surface area (Å²) in [7, 11) is 0. The highest BCUT2D eigenvalue weighted by molar-refractivity contribution is 5.42. The lowest BCUT2D eigenvalue weighted by Crippen LogP contribution is -1.85. The summed E-state index contributed by atoms with van der Waals surface area (Å²) in [6.07, 6.45) is 5.85. The molecule has 1 amide bonds. The van der Waals surface area contributed by atoms with Crippen molar-refractivity contribution >= 4 is 6.41 Å². The molecule has 0 heterocycles. The molecule has 0 aliphatic heterocycles. The Labute approximate surface area is 70.2 Å². The minimum atomic E-state index is 0.250. The van der Waals surface area contributed by atoms with Crippen molar-refractivity contribution in [3.8, 4) is 0 Å². The van der Waals surface area contributed by atoms with Crippen LogP contribution >= 0.6 is 0 Å². The van der Waals surface area contributed by atoms with Crippen molar-refractivity contribution in [2.24, 2.45) is 11.7 Å². The van der Waals surface area contributed by atoms with Gasteiger partial charge in [-0.2, -0.15) is 0 Å². The first-order chi connectivity index (χ1) is 5.18. The second kappa shape index (κ2) is 12.2. The van der Waals surface area contributed by atoms with E-state index in [1.165, 1.54) is 25.7 Å². The van der Waals surface area contributed by atoms with Gasteiger partial charge in [-0.25, -0.2) is 0 Å². The van der Waals surface area contributed by atoms with Gasteiger partial charge in [0.1, 0.15) is 0 Å². The molecular weight excluding hydrogens is 138 g/mol. The van der Waals surface area contributed by atoms with Gasteiger partial charge in [0, 0.05) is 0 Å². The molecule has 0 fully saturated rings. The summed E-state index contributed by atoms with van der Waals surface area (Å²) in [6.45, 7) is 6.83. The molecule has 0 aromatic heterocycles. The molecule has 2 N–H and O–H groups in total. The fraction of sp³-hybridized carbons (Fsp3) is 0.889. The summed E-state index contributed by atoms with van der Waals surface area (Å²) in [5, 5.41) is 0. The number of hydrogen-bond acceptors (Lipinski definition) is 1. The third-order valence-corrected chi connectivity index (χ3v) is 1.39. The summed E-state index contributed by atoms with van der Waals surface area (Å²) in [4.78, 5) is 8.58. The fourth-order valence-corrected chi connectivity index (χ4v) is 0.803. The van der Waals surface area contributed by atoms with E-state index in [2.05, 4.69) is 26.5 Å². The Morgan fingerprint density at radius 1 is 1.36 bits per heavy atom. The summed E-state index contributed by atoms with van der Waals surface area (Å²) < 4.78 is 0. The average Bonchev–Trinajstić information content (AvgIpc) is 1.89. The normalized spacial score (nSPS) is 8.73. The van der Waals surface area contributed by atoms with Gasteiger partial charge in [0.05, 0.1) is 0 Å². The third kappa shape index (κ3) is 26.4. The topological polar surface area (TPSA) is 43.1 Å². The van der Waals surface area contributed by atoms with Gasteiger partial charge in [-0.15, -0.1) is 0 Å². The standard InChI is InChI=1S/C8H18.CH3NO/c1-4-5-6-7-8(2)3;2-1-3/h8H,4-7H2,1-3H3;1H,(H2,2,3). The number of carbonyl (C=O) groups is 1. The average molecular weight is 159 g/mol. The van der Waals surface area contributed by atoms with Gasteiger partial charge >= 0.3 is 0 Å². The van der Waals surface area contributed by atoms with Crippen LogP contribution in [-0.2, 0) is 4.79 Å². The molecule has 0 saturated heterocycles. The van der Waals surface area contributed by atoms with Crippen LogP contribution in [0.2, 0.25) is 0 Å². The van der Waals surface area contributed by atoms with E-state index < -0.39 is 0 Å². The first-order valence-electron chi connectivity index (χ1n) is 4.34. The van der Waals surface area contributed by atoms with Gasteiger partial charge in [-0.1, -0.05) is 46.5 Å². The molecular formula is C9H21NO. The summed E-state index contributed by atoms with van der Waals surface area (Å²) in [5.74, 6) is 0.904. The Morgan fingerprint density at radius 2 is 1.82 bits per heavy atom. The second-order valence-corrected chi connectivity index (χ2v) is 3.03. The van der Waals surface area contributed by atoms with Crippen LogP contribution in [0, 0.1) is 5.92 Å². The molecule has 0 aromatic carbocycles. The van der Waals surface area contributed by atoms with Gasteiger partial charge in [-0.05, 0) is 5.92 Å². The summed E-state index contributed by atoms with van der Waals surface area (Å²) in [5.41, 5.74) is 4.17. The van der Waals surface area contributed by atoms with Crippen molar-refractivity contribution < 1.29 is 4.79 Å². The molecule has 0 radical (unpaired) electrons. The molecule has 0 saturated carbocycles. The minimum absolute atomic E-state index is 0.250. The van der Waals surface area contributed by atoms with Gasteiger partial charge in [-0.3, -0.25) is 4.79 Å². The van der Waals surface area contributed by atoms with Crippen molar-refractivity contribution in [3.05, 3.63) is 0 Å². The predicted molar refractivity (Wildman–Crippen MR) is 49.2 cm³/mol. The fourth-order valence-electron chi connectivity index (χ4n) is 0.803. The highest BCUT2D eigenvalue weighted by atomic mass is 16.1. The lowest BCUT2D eigenvalue weighted by atomic mass is 10.1. The maximum absolute atomic E-state index is 8.58. The van der Waals surface area contributed by atoms with Crippen LogP contribution < -0.4 is 5.73 Å². The largest absolute Gasteiger partial charge is 0.372 e. The van der Waals surface area contributed by atoms with Crippen molar-refractivity contribution in [2.45, 2.75) is 46.5 Å². The SMILES string of the molecule is CCCCCC(C)C.NC=O. The van der Waals surface area contributed by atoms with Gasteiger partial charge in [0.25, 0.3) is 0 Å². The molecule has 2 heteroatoms. The number of primary amides is 1. The van der Waals surface area contributed by atoms with Crippen molar-refractivity contribution in [2.75, 3.05) is 0 Å². The zero-order chi connectivity index (χ0) is 9.11. The summed E-state index contributed by atoms with van der Waals surface area (Å²) >= 11 is 0. The Morgan fingerprint density at radius 3 is 2.09 bits per heavy atom. The quantitative estimate of drug-likeness (QED) is 0.496. The Hall–Kier alpha value is -0.530. The van der Waals surface area contributed by atoms with Crippen LogP contribution in [0.3, 0.4) is 0 Å². The number of unbranched alkanes of at least 4 members (excludes halogenated alkanes) is 2. The van der Waals surface area contributed by atoms with E-state index in [0.717, 1.165) is 5.92 Å². The monoisotopic (exact) mass is 159 g/mol. The molecule has 0 atom stereocenters. The number of hydrogen-bond donors (Lipinski definition) is 1. The molecule has 0 aromatic rings. The first-order valence-corrected chi connectivity index (χ1v) is 4.34. The van der Waals surface area contributed by atoms with E-state index in [9.17, 15) is 0 Å². The Bertz CT molecular complexity index is 72.0. The molecule has 2 nitrogen and oxygen atoms in total. The predicted octanol–water partition coefficient (Wildman–Crippen LogP) is 2.32. The van der Waals surface area contributed by atoms with E-state index in [1.807, 2.05) is 0 Å². The van der Waals surface area contributed by atoms with Crippen LogP contribution in [0.5, 0.6) is 0 Å². The first kappa shape index (κ1) is 13.1. The Balaban J connectivity index is 0.